The molecule has 0 unspecified atom stereocenters. The first-order valence-corrected chi connectivity index (χ1v) is 8.78. The molecule has 7 heteroatoms. The minimum atomic E-state index is -0.929. The predicted molar refractivity (Wildman–Crippen MR) is 89.8 cm³/mol. The van der Waals surface area contributed by atoms with Gasteiger partial charge >= 0.3 is 5.97 Å². The molecular formula is C17H20N2O4S. The molecule has 0 saturated carbocycles. The molecule has 1 aliphatic rings. The molecule has 128 valence electrons. The van der Waals surface area contributed by atoms with Gasteiger partial charge in [0, 0.05) is 10.8 Å². The SMILES string of the molecule is O=C(O)c1ccc(CNC(=O)C2CCN(Cc3ccco3)CC2)s1. The fraction of sp³-hybridized carbons (Fsp3) is 0.412. The van der Waals surface area contributed by atoms with Crippen LogP contribution in [0.2, 0.25) is 0 Å². The van der Waals surface area contributed by atoms with Gasteiger partial charge in [-0.25, -0.2) is 4.79 Å². The third-order valence-corrected chi connectivity index (χ3v) is 5.30. The summed E-state index contributed by atoms with van der Waals surface area (Å²) >= 11 is 1.20. The number of hydrogen-bond donors (Lipinski definition) is 2. The molecule has 3 heterocycles. The molecule has 1 amide bonds. The van der Waals surface area contributed by atoms with Crippen molar-refractivity contribution < 1.29 is 19.1 Å². The number of furan rings is 1. The van der Waals surface area contributed by atoms with Crippen molar-refractivity contribution in [1.29, 1.82) is 0 Å². The third kappa shape index (κ3) is 4.24. The zero-order chi connectivity index (χ0) is 16.9. The molecule has 0 bridgehead atoms. The lowest BCUT2D eigenvalue weighted by Crippen LogP contribution is -2.39. The fourth-order valence-corrected chi connectivity index (χ4v) is 3.67. The van der Waals surface area contributed by atoms with Gasteiger partial charge in [-0.15, -0.1) is 11.3 Å². The number of carboxylic acids is 1. The van der Waals surface area contributed by atoms with Crippen molar-refractivity contribution in [3.63, 3.8) is 0 Å². The highest BCUT2D eigenvalue weighted by atomic mass is 32.1. The summed E-state index contributed by atoms with van der Waals surface area (Å²) in [4.78, 5) is 26.6. The highest BCUT2D eigenvalue weighted by Crippen LogP contribution is 2.20. The van der Waals surface area contributed by atoms with Gasteiger partial charge in [-0.05, 0) is 50.2 Å². The van der Waals surface area contributed by atoms with E-state index in [0.29, 0.717) is 11.4 Å². The van der Waals surface area contributed by atoms with Gasteiger partial charge in [0.25, 0.3) is 0 Å². The van der Waals surface area contributed by atoms with Crippen LogP contribution in [-0.2, 0) is 17.9 Å². The highest BCUT2D eigenvalue weighted by molar-refractivity contribution is 7.13. The van der Waals surface area contributed by atoms with Crippen LogP contribution in [-0.4, -0.2) is 35.0 Å². The molecule has 1 fully saturated rings. The Hall–Kier alpha value is -2.12. The summed E-state index contributed by atoms with van der Waals surface area (Å²) in [7, 11) is 0. The van der Waals surface area contributed by atoms with Gasteiger partial charge < -0.3 is 14.8 Å². The van der Waals surface area contributed by atoms with Crippen LogP contribution in [0, 0.1) is 5.92 Å². The van der Waals surface area contributed by atoms with Crippen molar-refractivity contribution in [2.75, 3.05) is 13.1 Å². The zero-order valence-corrected chi connectivity index (χ0v) is 14.1. The molecule has 2 N–H and O–H groups in total. The van der Waals surface area contributed by atoms with Crippen LogP contribution >= 0.6 is 11.3 Å². The third-order valence-electron chi connectivity index (χ3n) is 4.23. The fourth-order valence-electron chi connectivity index (χ4n) is 2.88. The van der Waals surface area contributed by atoms with Crippen molar-refractivity contribution in [2.24, 2.45) is 5.92 Å². The number of likely N-dealkylation sites (tertiary alicyclic amines) is 1. The van der Waals surface area contributed by atoms with E-state index in [0.717, 1.165) is 43.1 Å². The van der Waals surface area contributed by atoms with Gasteiger partial charge in [0.1, 0.15) is 10.6 Å². The monoisotopic (exact) mass is 348 g/mol. The number of hydrogen-bond acceptors (Lipinski definition) is 5. The lowest BCUT2D eigenvalue weighted by molar-refractivity contribution is -0.126. The van der Waals surface area contributed by atoms with Crippen molar-refractivity contribution in [3.05, 3.63) is 46.0 Å². The molecule has 0 spiro atoms. The molecule has 6 nitrogen and oxygen atoms in total. The van der Waals surface area contributed by atoms with Gasteiger partial charge in [0.15, 0.2) is 0 Å². The van der Waals surface area contributed by atoms with Gasteiger partial charge in [-0.3, -0.25) is 9.69 Å². The lowest BCUT2D eigenvalue weighted by atomic mass is 9.96. The largest absolute Gasteiger partial charge is 0.477 e. The number of carbonyl (C=O) groups is 2. The van der Waals surface area contributed by atoms with E-state index in [1.807, 2.05) is 12.1 Å². The second kappa shape index (κ2) is 7.63. The molecule has 0 aliphatic carbocycles. The molecule has 1 aliphatic heterocycles. The zero-order valence-electron chi connectivity index (χ0n) is 13.2. The summed E-state index contributed by atoms with van der Waals surface area (Å²) in [6.07, 6.45) is 3.34. The average molecular weight is 348 g/mol. The number of nitrogens with zero attached hydrogens (tertiary/aromatic N) is 1. The summed E-state index contributed by atoms with van der Waals surface area (Å²) in [5, 5.41) is 11.8. The van der Waals surface area contributed by atoms with Gasteiger partial charge in [0.05, 0.1) is 19.4 Å². The van der Waals surface area contributed by atoms with E-state index in [-0.39, 0.29) is 11.8 Å². The number of rotatable bonds is 6. The standard InChI is InChI=1S/C17H20N2O4S/c20-16(18-10-14-3-4-15(24-14)17(21)22)12-5-7-19(8-6-12)11-13-2-1-9-23-13/h1-4,9,12H,5-8,10-11H2,(H,18,20)(H,21,22). The van der Waals surface area contributed by atoms with Crippen LogP contribution in [0.15, 0.2) is 34.9 Å². The smallest absolute Gasteiger partial charge is 0.345 e. The first-order chi connectivity index (χ1) is 11.6. The van der Waals surface area contributed by atoms with Crippen molar-refractivity contribution in [1.82, 2.24) is 10.2 Å². The minimum absolute atomic E-state index is 0.0248. The first kappa shape index (κ1) is 16.7. The Morgan fingerprint density at radius 2 is 2.08 bits per heavy atom. The van der Waals surface area contributed by atoms with Crippen molar-refractivity contribution in [2.45, 2.75) is 25.9 Å². The Morgan fingerprint density at radius 1 is 1.29 bits per heavy atom. The molecular weight excluding hydrogens is 328 g/mol. The van der Waals surface area contributed by atoms with Crippen LogP contribution in [0.1, 0.15) is 33.2 Å². The Balaban J connectivity index is 1.42. The number of nitrogens with one attached hydrogen (secondary N) is 1. The summed E-state index contributed by atoms with van der Waals surface area (Å²) < 4.78 is 5.36. The molecule has 1 saturated heterocycles. The van der Waals surface area contributed by atoms with E-state index in [1.54, 1.807) is 18.4 Å². The van der Waals surface area contributed by atoms with E-state index in [1.165, 1.54) is 11.3 Å². The average Bonchev–Trinajstić information content (AvgIpc) is 3.25. The van der Waals surface area contributed by atoms with Gasteiger partial charge in [-0.2, -0.15) is 0 Å². The first-order valence-electron chi connectivity index (χ1n) is 7.96. The maximum Gasteiger partial charge on any atom is 0.345 e. The molecule has 0 atom stereocenters. The van der Waals surface area contributed by atoms with E-state index < -0.39 is 5.97 Å². The van der Waals surface area contributed by atoms with E-state index in [2.05, 4.69) is 10.2 Å². The summed E-state index contributed by atoms with van der Waals surface area (Å²) in [6, 6.07) is 7.17. The summed E-state index contributed by atoms with van der Waals surface area (Å²) in [5.41, 5.74) is 0. The van der Waals surface area contributed by atoms with Crippen molar-refractivity contribution in [3.8, 4) is 0 Å². The number of carboxylic acid groups (broad SMARTS) is 1. The van der Waals surface area contributed by atoms with Crippen LogP contribution < -0.4 is 5.32 Å². The number of thiophene rings is 1. The minimum Gasteiger partial charge on any atom is -0.477 e. The normalized spacial score (nSPS) is 16.2. The lowest BCUT2D eigenvalue weighted by Gasteiger charge is -2.30. The molecule has 3 rings (SSSR count). The molecule has 0 radical (unpaired) electrons. The van der Waals surface area contributed by atoms with E-state index >= 15 is 0 Å². The second-order valence-corrected chi connectivity index (χ2v) is 7.09. The number of carbonyl (C=O) groups excluding carboxylic acids is 1. The van der Waals surface area contributed by atoms with E-state index in [9.17, 15) is 9.59 Å². The summed E-state index contributed by atoms with van der Waals surface area (Å²) in [5.74, 6) is 0.0982. The summed E-state index contributed by atoms with van der Waals surface area (Å²) in [6.45, 7) is 2.93. The topological polar surface area (TPSA) is 82.8 Å². The predicted octanol–water partition coefficient (Wildman–Crippen LogP) is 2.57. The van der Waals surface area contributed by atoms with Crippen molar-refractivity contribution >= 4 is 23.2 Å². The Kier molecular flexibility index (Phi) is 5.32. The number of amides is 1. The Labute approximate surface area is 144 Å². The Bertz CT molecular complexity index is 687. The van der Waals surface area contributed by atoms with Gasteiger partial charge in [0.2, 0.25) is 5.91 Å². The number of piperidine rings is 1. The highest BCUT2D eigenvalue weighted by Gasteiger charge is 2.25. The molecule has 24 heavy (non-hydrogen) atoms. The maximum absolute atomic E-state index is 12.3. The van der Waals surface area contributed by atoms with Crippen LogP contribution in [0.4, 0.5) is 0 Å². The maximum atomic E-state index is 12.3. The van der Waals surface area contributed by atoms with Crippen LogP contribution in [0.5, 0.6) is 0 Å². The van der Waals surface area contributed by atoms with Crippen LogP contribution in [0.25, 0.3) is 0 Å². The molecule has 2 aromatic heterocycles. The van der Waals surface area contributed by atoms with E-state index in [4.69, 9.17) is 9.52 Å². The van der Waals surface area contributed by atoms with Crippen LogP contribution in [0.3, 0.4) is 0 Å². The molecule has 2 aromatic rings. The quantitative estimate of drug-likeness (QED) is 0.838. The second-order valence-electron chi connectivity index (χ2n) is 5.92. The Morgan fingerprint density at radius 3 is 2.71 bits per heavy atom. The van der Waals surface area contributed by atoms with Gasteiger partial charge in [-0.1, -0.05) is 0 Å². The number of aromatic carboxylic acids is 1. The molecule has 0 aromatic carbocycles.